The Bertz CT molecular complexity index is 541. The van der Waals surface area contributed by atoms with Crippen LogP contribution in [-0.2, 0) is 4.74 Å². The number of hydrogen-bond acceptors (Lipinski definition) is 3. The zero-order valence-corrected chi connectivity index (χ0v) is 12.6. The van der Waals surface area contributed by atoms with Crippen LogP contribution in [0.2, 0.25) is 0 Å². The maximum Gasteiger partial charge on any atom is 0.0702 e. The number of nitrogens with one attached hydrogen (secondary N) is 1. The van der Waals surface area contributed by atoms with E-state index < -0.39 is 0 Å². The van der Waals surface area contributed by atoms with Crippen LogP contribution in [0.1, 0.15) is 31.9 Å². The molecular weight excluding hydrogens is 248 g/mol. The lowest BCUT2D eigenvalue weighted by Gasteiger charge is -2.22. The minimum atomic E-state index is 0.335. The van der Waals surface area contributed by atoms with E-state index in [9.17, 15) is 0 Å². The number of pyridine rings is 1. The monoisotopic (exact) mass is 272 g/mol. The number of para-hydroxylation sites is 1. The zero-order chi connectivity index (χ0) is 14.4. The molecule has 1 aromatic carbocycles. The van der Waals surface area contributed by atoms with Gasteiger partial charge in [-0.25, -0.2) is 0 Å². The summed E-state index contributed by atoms with van der Waals surface area (Å²) in [6, 6.07) is 10.8. The summed E-state index contributed by atoms with van der Waals surface area (Å²) < 4.78 is 5.25. The molecule has 2 atom stereocenters. The van der Waals surface area contributed by atoms with Crippen molar-refractivity contribution in [1.82, 2.24) is 10.3 Å². The minimum Gasteiger partial charge on any atom is -0.384 e. The molecule has 2 unspecified atom stereocenters. The van der Waals surface area contributed by atoms with Crippen molar-refractivity contribution in [2.75, 3.05) is 20.3 Å². The van der Waals surface area contributed by atoms with E-state index in [4.69, 9.17) is 4.74 Å². The van der Waals surface area contributed by atoms with Gasteiger partial charge in [-0.2, -0.15) is 0 Å². The molecule has 0 fully saturated rings. The van der Waals surface area contributed by atoms with Crippen LogP contribution in [0.3, 0.4) is 0 Å². The summed E-state index contributed by atoms with van der Waals surface area (Å²) in [7, 11) is 1.76. The van der Waals surface area contributed by atoms with E-state index in [1.807, 2.05) is 12.3 Å². The van der Waals surface area contributed by atoms with Crippen molar-refractivity contribution in [3.8, 4) is 0 Å². The van der Waals surface area contributed by atoms with Crippen LogP contribution in [0.5, 0.6) is 0 Å². The van der Waals surface area contributed by atoms with E-state index in [-0.39, 0.29) is 0 Å². The van der Waals surface area contributed by atoms with Gasteiger partial charge in [-0.05, 0) is 36.6 Å². The van der Waals surface area contributed by atoms with Crippen LogP contribution >= 0.6 is 0 Å². The molecule has 0 bridgehead atoms. The molecule has 1 N–H and O–H groups in total. The van der Waals surface area contributed by atoms with Gasteiger partial charge in [-0.15, -0.1) is 0 Å². The highest BCUT2D eigenvalue weighted by Crippen LogP contribution is 2.23. The first-order valence-electron chi connectivity index (χ1n) is 7.31. The molecule has 1 aromatic heterocycles. The van der Waals surface area contributed by atoms with Crippen LogP contribution in [-0.4, -0.2) is 25.2 Å². The lowest BCUT2D eigenvalue weighted by atomic mass is 9.96. The second kappa shape index (κ2) is 7.36. The van der Waals surface area contributed by atoms with Crippen molar-refractivity contribution in [3.05, 3.63) is 42.1 Å². The Morgan fingerprint density at radius 3 is 2.85 bits per heavy atom. The first kappa shape index (κ1) is 14.9. The first-order valence-corrected chi connectivity index (χ1v) is 7.31. The Morgan fingerprint density at radius 1 is 1.30 bits per heavy atom. The van der Waals surface area contributed by atoms with E-state index >= 15 is 0 Å². The van der Waals surface area contributed by atoms with Gasteiger partial charge in [-0.1, -0.05) is 32.0 Å². The summed E-state index contributed by atoms with van der Waals surface area (Å²) in [5, 5.41) is 4.76. The molecule has 0 amide bonds. The highest BCUT2D eigenvalue weighted by molar-refractivity contribution is 5.78. The van der Waals surface area contributed by atoms with E-state index in [1.54, 1.807) is 7.11 Å². The number of aromatic nitrogens is 1. The second-order valence-corrected chi connectivity index (χ2v) is 5.37. The summed E-state index contributed by atoms with van der Waals surface area (Å²) in [5.74, 6) is 0.524. The SMILES string of the molecule is CCNC(CC(C)COC)c1cnc2ccccc2c1. The highest BCUT2D eigenvalue weighted by Gasteiger charge is 2.15. The van der Waals surface area contributed by atoms with Crippen molar-refractivity contribution in [1.29, 1.82) is 0 Å². The van der Waals surface area contributed by atoms with Crippen molar-refractivity contribution < 1.29 is 4.74 Å². The van der Waals surface area contributed by atoms with Crippen LogP contribution in [0.15, 0.2) is 36.5 Å². The fourth-order valence-corrected chi connectivity index (χ4v) is 2.62. The number of methoxy groups -OCH3 is 1. The van der Waals surface area contributed by atoms with E-state index in [0.29, 0.717) is 12.0 Å². The number of fused-ring (bicyclic) bond motifs is 1. The number of hydrogen-bond donors (Lipinski definition) is 1. The summed E-state index contributed by atoms with van der Waals surface area (Å²) in [4.78, 5) is 4.57. The maximum absolute atomic E-state index is 5.25. The molecule has 2 rings (SSSR count). The van der Waals surface area contributed by atoms with E-state index in [1.165, 1.54) is 10.9 Å². The van der Waals surface area contributed by atoms with Gasteiger partial charge in [0.1, 0.15) is 0 Å². The molecule has 0 saturated carbocycles. The van der Waals surface area contributed by atoms with Gasteiger partial charge in [0.05, 0.1) is 5.52 Å². The summed E-state index contributed by atoms with van der Waals surface area (Å²) in [5.41, 5.74) is 2.31. The van der Waals surface area contributed by atoms with Crippen molar-refractivity contribution in [2.45, 2.75) is 26.3 Å². The summed E-state index contributed by atoms with van der Waals surface area (Å²) >= 11 is 0. The highest BCUT2D eigenvalue weighted by atomic mass is 16.5. The minimum absolute atomic E-state index is 0.335. The Balaban J connectivity index is 2.21. The smallest absolute Gasteiger partial charge is 0.0702 e. The predicted octanol–water partition coefficient (Wildman–Crippen LogP) is 3.56. The van der Waals surface area contributed by atoms with Crippen LogP contribution < -0.4 is 5.32 Å². The molecule has 0 saturated heterocycles. The van der Waals surface area contributed by atoms with Crippen LogP contribution in [0, 0.1) is 5.92 Å². The third-order valence-electron chi connectivity index (χ3n) is 3.55. The van der Waals surface area contributed by atoms with Gasteiger partial charge in [0.25, 0.3) is 0 Å². The molecule has 1 heterocycles. The Labute approximate surface area is 121 Å². The molecule has 0 radical (unpaired) electrons. The predicted molar refractivity (Wildman–Crippen MR) is 83.8 cm³/mol. The zero-order valence-electron chi connectivity index (χ0n) is 12.6. The molecule has 2 aromatic rings. The number of ether oxygens (including phenoxy) is 1. The maximum atomic E-state index is 5.25. The van der Waals surface area contributed by atoms with Crippen LogP contribution in [0.25, 0.3) is 10.9 Å². The Morgan fingerprint density at radius 2 is 2.10 bits per heavy atom. The second-order valence-electron chi connectivity index (χ2n) is 5.37. The lowest BCUT2D eigenvalue weighted by Crippen LogP contribution is -2.24. The molecular formula is C17H24N2O. The van der Waals surface area contributed by atoms with Gasteiger partial charge in [0.15, 0.2) is 0 Å². The van der Waals surface area contributed by atoms with Gasteiger partial charge in [0, 0.05) is 31.3 Å². The fourth-order valence-electron chi connectivity index (χ4n) is 2.62. The number of nitrogens with zero attached hydrogens (tertiary/aromatic N) is 1. The van der Waals surface area contributed by atoms with E-state index in [0.717, 1.165) is 25.1 Å². The van der Waals surface area contributed by atoms with Gasteiger partial charge in [-0.3, -0.25) is 4.98 Å². The topological polar surface area (TPSA) is 34.1 Å². The first-order chi connectivity index (χ1) is 9.74. The third-order valence-corrected chi connectivity index (χ3v) is 3.55. The molecule has 0 aliphatic carbocycles. The standard InChI is InChI=1S/C17H24N2O/c1-4-18-17(9-13(2)12-20-3)15-10-14-7-5-6-8-16(14)19-11-15/h5-8,10-11,13,17-18H,4,9,12H2,1-3H3. The number of rotatable bonds is 7. The van der Waals surface area contributed by atoms with Crippen LogP contribution in [0.4, 0.5) is 0 Å². The van der Waals surface area contributed by atoms with Crippen molar-refractivity contribution in [3.63, 3.8) is 0 Å². The molecule has 0 aliphatic rings. The molecule has 0 aliphatic heterocycles. The average Bonchev–Trinajstić information content (AvgIpc) is 2.46. The summed E-state index contributed by atoms with van der Waals surface area (Å²) in [6.45, 7) is 6.12. The molecule has 20 heavy (non-hydrogen) atoms. The Kier molecular flexibility index (Phi) is 5.50. The fraction of sp³-hybridized carbons (Fsp3) is 0.471. The summed E-state index contributed by atoms with van der Waals surface area (Å²) in [6.07, 6.45) is 3.05. The van der Waals surface area contributed by atoms with Gasteiger partial charge >= 0.3 is 0 Å². The normalized spacial score (nSPS) is 14.3. The van der Waals surface area contributed by atoms with Crippen molar-refractivity contribution in [2.24, 2.45) is 5.92 Å². The van der Waals surface area contributed by atoms with Gasteiger partial charge in [0.2, 0.25) is 0 Å². The number of benzene rings is 1. The quantitative estimate of drug-likeness (QED) is 0.837. The molecule has 3 nitrogen and oxygen atoms in total. The lowest BCUT2D eigenvalue weighted by molar-refractivity contribution is 0.149. The molecule has 3 heteroatoms. The third kappa shape index (κ3) is 3.78. The van der Waals surface area contributed by atoms with Gasteiger partial charge < -0.3 is 10.1 Å². The largest absolute Gasteiger partial charge is 0.384 e. The van der Waals surface area contributed by atoms with E-state index in [2.05, 4.69) is 48.4 Å². The average molecular weight is 272 g/mol. The van der Waals surface area contributed by atoms with Crippen molar-refractivity contribution >= 4 is 10.9 Å². The molecule has 108 valence electrons. The Hall–Kier alpha value is -1.45. The molecule has 0 spiro atoms.